The number of anilines is 1. The number of rotatable bonds is 3. The van der Waals surface area contributed by atoms with Crippen LogP contribution in [0.4, 0.5) is 5.82 Å². The molecule has 0 saturated carbocycles. The van der Waals surface area contributed by atoms with Crippen LogP contribution >= 0.6 is 24.0 Å². The fourth-order valence-corrected chi connectivity index (χ4v) is 1.97. The van der Waals surface area contributed by atoms with E-state index in [-0.39, 0.29) is 12.4 Å². The van der Waals surface area contributed by atoms with Crippen molar-refractivity contribution >= 4 is 40.7 Å². The second kappa shape index (κ2) is 6.08. The third-order valence-electron chi connectivity index (χ3n) is 2.54. The average molecular weight is 271 g/mol. The molecule has 0 saturated heterocycles. The fourth-order valence-electron chi connectivity index (χ4n) is 1.76. The maximum Gasteiger partial charge on any atom is 0.131 e. The lowest BCUT2D eigenvalue weighted by Gasteiger charge is -2.09. The Hall–Kier alpha value is -0.990. The van der Waals surface area contributed by atoms with Gasteiger partial charge in [0.05, 0.1) is 11.4 Å². The van der Waals surface area contributed by atoms with Crippen LogP contribution in [0.15, 0.2) is 24.3 Å². The van der Waals surface area contributed by atoms with Crippen LogP contribution in [-0.4, -0.2) is 11.5 Å². The molecule has 92 valence electrons. The standard InChI is InChI=1S/C13H15ClN2.ClH/c1-3-15-13-11(8-14)7-10-6-9(2)4-5-12(10)16-13;/h4-7H,3,8H2,1-2H3,(H,15,16);1H. The van der Waals surface area contributed by atoms with Crippen molar-refractivity contribution in [1.82, 2.24) is 4.98 Å². The van der Waals surface area contributed by atoms with Gasteiger partial charge in [-0.15, -0.1) is 24.0 Å². The first-order valence-corrected chi connectivity index (χ1v) is 5.98. The summed E-state index contributed by atoms with van der Waals surface area (Å²) in [6.45, 7) is 4.99. The first kappa shape index (κ1) is 14.1. The van der Waals surface area contributed by atoms with Crippen molar-refractivity contribution in [3.8, 4) is 0 Å². The number of fused-ring (bicyclic) bond motifs is 1. The maximum atomic E-state index is 5.93. The predicted octanol–water partition coefficient (Wildman–Crippen LogP) is 4.14. The van der Waals surface area contributed by atoms with E-state index in [0.717, 1.165) is 28.8 Å². The van der Waals surface area contributed by atoms with Gasteiger partial charge in [0.25, 0.3) is 0 Å². The molecule has 0 radical (unpaired) electrons. The first-order chi connectivity index (χ1) is 7.74. The summed E-state index contributed by atoms with van der Waals surface area (Å²) < 4.78 is 0. The number of alkyl halides is 1. The molecule has 2 rings (SSSR count). The Bertz CT molecular complexity index is 512. The highest BCUT2D eigenvalue weighted by Gasteiger charge is 2.05. The summed E-state index contributed by atoms with van der Waals surface area (Å²) in [6, 6.07) is 8.36. The lowest BCUT2D eigenvalue weighted by atomic mass is 10.1. The number of halogens is 2. The van der Waals surface area contributed by atoms with E-state index in [1.165, 1.54) is 5.56 Å². The van der Waals surface area contributed by atoms with Crippen LogP contribution in [0.25, 0.3) is 10.9 Å². The highest BCUT2D eigenvalue weighted by Crippen LogP contribution is 2.22. The zero-order chi connectivity index (χ0) is 11.5. The monoisotopic (exact) mass is 270 g/mol. The second-order valence-corrected chi connectivity index (χ2v) is 4.12. The number of hydrogen-bond donors (Lipinski definition) is 1. The van der Waals surface area contributed by atoms with E-state index in [1.807, 2.05) is 6.07 Å². The Morgan fingerprint density at radius 3 is 2.71 bits per heavy atom. The van der Waals surface area contributed by atoms with E-state index in [1.54, 1.807) is 0 Å². The van der Waals surface area contributed by atoms with Crippen molar-refractivity contribution in [2.75, 3.05) is 11.9 Å². The average Bonchev–Trinajstić information content (AvgIpc) is 2.29. The SMILES string of the molecule is CCNc1nc2ccc(C)cc2cc1CCl.Cl. The molecular formula is C13H16Cl2N2. The van der Waals surface area contributed by atoms with E-state index >= 15 is 0 Å². The molecule has 2 nitrogen and oxygen atoms in total. The summed E-state index contributed by atoms with van der Waals surface area (Å²) in [7, 11) is 0. The van der Waals surface area contributed by atoms with Gasteiger partial charge in [0.2, 0.25) is 0 Å². The van der Waals surface area contributed by atoms with Gasteiger partial charge in [0, 0.05) is 17.5 Å². The number of nitrogens with one attached hydrogen (secondary N) is 1. The Kier molecular flexibility index (Phi) is 5.03. The molecule has 1 heterocycles. The van der Waals surface area contributed by atoms with E-state index in [0.29, 0.717) is 5.88 Å². The minimum absolute atomic E-state index is 0. The van der Waals surface area contributed by atoms with Crippen LogP contribution in [-0.2, 0) is 5.88 Å². The van der Waals surface area contributed by atoms with E-state index < -0.39 is 0 Å². The van der Waals surface area contributed by atoms with Gasteiger partial charge in [-0.05, 0) is 32.0 Å². The van der Waals surface area contributed by atoms with Crippen molar-refractivity contribution in [2.45, 2.75) is 19.7 Å². The van der Waals surface area contributed by atoms with Gasteiger partial charge in [-0.2, -0.15) is 0 Å². The molecule has 4 heteroatoms. The van der Waals surface area contributed by atoms with Crippen LogP contribution in [0.3, 0.4) is 0 Å². The normalized spacial score (nSPS) is 10.1. The number of benzene rings is 1. The van der Waals surface area contributed by atoms with Crippen LogP contribution < -0.4 is 5.32 Å². The third-order valence-corrected chi connectivity index (χ3v) is 2.83. The molecule has 1 aromatic carbocycles. The molecule has 2 aromatic rings. The molecule has 0 unspecified atom stereocenters. The molecule has 0 bridgehead atoms. The number of aromatic nitrogens is 1. The minimum Gasteiger partial charge on any atom is -0.370 e. The Morgan fingerprint density at radius 1 is 1.29 bits per heavy atom. The van der Waals surface area contributed by atoms with E-state index in [4.69, 9.17) is 11.6 Å². The van der Waals surface area contributed by atoms with Crippen molar-refractivity contribution in [3.63, 3.8) is 0 Å². The lowest BCUT2D eigenvalue weighted by Crippen LogP contribution is -2.02. The van der Waals surface area contributed by atoms with Crippen LogP contribution in [0.1, 0.15) is 18.1 Å². The molecular weight excluding hydrogens is 255 g/mol. The van der Waals surface area contributed by atoms with Crippen LogP contribution in [0, 0.1) is 6.92 Å². The van der Waals surface area contributed by atoms with Crippen molar-refractivity contribution in [3.05, 3.63) is 35.4 Å². The summed E-state index contributed by atoms with van der Waals surface area (Å²) >= 11 is 5.93. The summed E-state index contributed by atoms with van der Waals surface area (Å²) in [4.78, 5) is 4.58. The molecule has 0 aliphatic heterocycles. The minimum atomic E-state index is 0. The Morgan fingerprint density at radius 2 is 2.06 bits per heavy atom. The van der Waals surface area contributed by atoms with Crippen molar-refractivity contribution in [1.29, 1.82) is 0 Å². The largest absolute Gasteiger partial charge is 0.370 e. The molecule has 1 N–H and O–H groups in total. The lowest BCUT2D eigenvalue weighted by molar-refractivity contribution is 1.15. The summed E-state index contributed by atoms with van der Waals surface area (Å²) in [5.41, 5.74) is 3.31. The molecule has 17 heavy (non-hydrogen) atoms. The van der Waals surface area contributed by atoms with E-state index in [2.05, 4.69) is 42.3 Å². The molecule has 1 aromatic heterocycles. The zero-order valence-electron chi connectivity index (χ0n) is 9.96. The molecule has 0 spiro atoms. The second-order valence-electron chi connectivity index (χ2n) is 3.86. The molecule has 0 amide bonds. The maximum absolute atomic E-state index is 5.93. The van der Waals surface area contributed by atoms with Gasteiger partial charge in [0.15, 0.2) is 0 Å². The van der Waals surface area contributed by atoms with Gasteiger partial charge < -0.3 is 5.32 Å². The van der Waals surface area contributed by atoms with Gasteiger partial charge >= 0.3 is 0 Å². The Balaban J connectivity index is 0.00000144. The van der Waals surface area contributed by atoms with Gasteiger partial charge in [0.1, 0.15) is 5.82 Å². The summed E-state index contributed by atoms with van der Waals surface area (Å²) in [5, 5.41) is 4.39. The quantitative estimate of drug-likeness (QED) is 0.849. The topological polar surface area (TPSA) is 24.9 Å². The molecule has 0 atom stereocenters. The smallest absolute Gasteiger partial charge is 0.131 e. The van der Waals surface area contributed by atoms with Gasteiger partial charge in [-0.1, -0.05) is 11.6 Å². The number of aryl methyl sites for hydroxylation is 1. The molecule has 0 fully saturated rings. The summed E-state index contributed by atoms with van der Waals surface area (Å²) in [6.07, 6.45) is 0. The number of hydrogen-bond acceptors (Lipinski definition) is 2. The predicted molar refractivity (Wildman–Crippen MR) is 77.4 cm³/mol. The number of nitrogens with zero attached hydrogens (tertiary/aromatic N) is 1. The first-order valence-electron chi connectivity index (χ1n) is 5.44. The Labute approximate surface area is 113 Å². The van der Waals surface area contributed by atoms with Crippen LogP contribution in [0.5, 0.6) is 0 Å². The van der Waals surface area contributed by atoms with Gasteiger partial charge in [-0.3, -0.25) is 0 Å². The molecule has 0 aliphatic rings. The van der Waals surface area contributed by atoms with Crippen LogP contribution in [0.2, 0.25) is 0 Å². The molecule has 0 aliphatic carbocycles. The van der Waals surface area contributed by atoms with Gasteiger partial charge in [-0.25, -0.2) is 4.98 Å². The fraction of sp³-hybridized carbons (Fsp3) is 0.308. The van der Waals surface area contributed by atoms with Crippen molar-refractivity contribution < 1.29 is 0 Å². The highest BCUT2D eigenvalue weighted by atomic mass is 35.5. The van der Waals surface area contributed by atoms with Crippen molar-refractivity contribution in [2.24, 2.45) is 0 Å². The summed E-state index contributed by atoms with van der Waals surface area (Å²) in [5.74, 6) is 1.38. The highest BCUT2D eigenvalue weighted by molar-refractivity contribution is 6.17. The van der Waals surface area contributed by atoms with E-state index in [9.17, 15) is 0 Å². The zero-order valence-corrected chi connectivity index (χ0v) is 11.5. The third kappa shape index (κ3) is 3.02. The number of pyridine rings is 1.